The SMILES string of the molecule is CC(OC(=O)[C@@H]1CCCC[C@H]1C(=O)c1cccs1)c1ccccc1. The van der Waals surface area contributed by atoms with Crippen LogP contribution < -0.4 is 0 Å². The van der Waals surface area contributed by atoms with Crippen LogP contribution in [-0.2, 0) is 9.53 Å². The summed E-state index contributed by atoms with van der Waals surface area (Å²) in [7, 11) is 0. The minimum Gasteiger partial charge on any atom is -0.458 e. The van der Waals surface area contributed by atoms with Crippen molar-refractivity contribution in [1.29, 1.82) is 0 Å². The Kier molecular flexibility index (Phi) is 5.46. The molecular formula is C20H22O3S. The molecule has 1 saturated carbocycles. The minimum atomic E-state index is -0.320. The Morgan fingerprint density at radius 3 is 2.42 bits per heavy atom. The number of hydrogen-bond donors (Lipinski definition) is 0. The Hall–Kier alpha value is -1.94. The van der Waals surface area contributed by atoms with Crippen LogP contribution in [0.2, 0.25) is 0 Å². The molecule has 1 unspecified atom stereocenters. The van der Waals surface area contributed by atoms with Crippen molar-refractivity contribution in [3.63, 3.8) is 0 Å². The summed E-state index contributed by atoms with van der Waals surface area (Å²) in [5.41, 5.74) is 0.975. The summed E-state index contributed by atoms with van der Waals surface area (Å²) in [6, 6.07) is 13.4. The lowest BCUT2D eigenvalue weighted by Gasteiger charge is -2.29. The zero-order valence-electron chi connectivity index (χ0n) is 13.8. The lowest BCUT2D eigenvalue weighted by molar-refractivity contribution is -0.156. The molecule has 0 aliphatic heterocycles. The number of ether oxygens (including phenoxy) is 1. The van der Waals surface area contributed by atoms with Crippen LogP contribution in [-0.4, -0.2) is 11.8 Å². The number of carbonyl (C=O) groups is 2. The first-order valence-electron chi connectivity index (χ1n) is 8.50. The van der Waals surface area contributed by atoms with Gasteiger partial charge in [-0.2, -0.15) is 0 Å². The average molecular weight is 342 g/mol. The van der Waals surface area contributed by atoms with Crippen LogP contribution in [0.5, 0.6) is 0 Å². The van der Waals surface area contributed by atoms with Crippen molar-refractivity contribution in [2.75, 3.05) is 0 Å². The minimum absolute atomic E-state index is 0.0963. The molecule has 1 fully saturated rings. The maximum absolute atomic E-state index is 12.7. The Balaban J connectivity index is 1.70. The van der Waals surface area contributed by atoms with Crippen molar-refractivity contribution < 1.29 is 14.3 Å². The highest BCUT2D eigenvalue weighted by Crippen LogP contribution is 2.35. The van der Waals surface area contributed by atoms with Crippen LogP contribution in [0.1, 0.15) is 53.9 Å². The quantitative estimate of drug-likeness (QED) is 0.564. The normalized spacial score (nSPS) is 21.9. The average Bonchev–Trinajstić information content (AvgIpc) is 3.16. The highest BCUT2D eigenvalue weighted by atomic mass is 32.1. The van der Waals surface area contributed by atoms with Crippen LogP contribution in [0.4, 0.5) is 0 Å². The zero-order chi connectivity index (χ0) is 16.9. The monoisotopic (exact) mass is 342 g/mol. The first-order valence-corrected chi connectivity index (χ1v) is 9.38. The lowest BCUT2D eigenvalue weighted by Crippen LogP contribution is -2.34. The van der Waals surface area contributed by atoms with Gasteiger partial charge < -0.3 is 4.74 Å². The van der Waals surface area contributed by atoms with Crippen LogP contribution >= 0.6 is 11.3 Å². The molecule has 3 rings (SSSR count). The molecule has 3 nitrogen and oxygen atoms in total. The molecule has 0 amide bonds. The van der Waals surface area contributed by atoms with E-state index in [9.17, 15) is 9.59 Å². The van der Waals surface area contributed by atoms with Crippen LogP contribution in [0.3, 0.4) is 0 Å². The summed E-state index contributed by atoms with van der Waals surface area (Å²) in [4.78, 5) is 26.2. The summed E-state index contributed by atoms with van der Waals surface area (Å²) in [6.07, 6.45) is 3.20. The van der Waals surface area contributed by atoms with E-state index in [0.29, 0.717) is 0 Å². The highest BCUT2D eigenvalue weighted by molar-refractivity contribution is 7.12. The van der Waals surface area contributed by atoms with Crippen molar-refractivity contribution in [1.82, 2.24) is 0 Å². The molecule has 3 atom stereocenters. The van der Waals surface area contributed by atoms with E-state index in [1.54, 1.807) is 0 Å². The third-order valence-electron chi connectivity index (χ3n) is 4.73. The zero-order valence-corrected chi connectivity index (χ0v) is 14.6. The van der Waals surface area contributed by atoms with Gasteiger partial charge in [0.05, 0.1) is 10.8 Å². The summed E-state index contributed by atoms with van der Waals surface area (Å²) < 4.78 is 5.69. The van der Waals surface area contributed by atoms with E-state index in [1.165, 1.54) is 11.3 Å². The van der Waals surface area contributed by atoms with Gasteiger partial charge in [0, 0.05) is 5.92 Å². The van der Waals surface area contributed by atoms with E-state index in [1.807, 2.05) is 54.8 Å². The Bertz CT molecular complexity index is 678. The van der Waals surface area contributed by atoms with Crippen molar-refractivity contribution in [3.8, 4) is 0 Å². The molecule has 2 aromatic rings. The second kappa shape index (κ2) is 7.75. The molecule has 1 aliphatic rings. The van der Waals surface area contributed by atoms with E-state index < -0.39 is 0 Å². The number of ketones is 1. The first kappa shape index (κ1) is 16.9. The molecule has 4 heteroatoms. The fraction of sp³-hybridized carbons (Fsp3) is 0.400. The van der Waals surface area contributed by atoms with Gasteiger partial charge in [0.1, 0.15) is 6.10 Å². The maximum Gasteiger partial charge on any atom is 0.310 e. The van der Waals surface area contributed by atoms with Gasteiger partial charge in [0.2, 0.25) is 0 Å². The molecular weight excluding hydrogens is 320 g/mol. The van der Waals surface area contributed by atoms with Gasteiger partial charge >= 0.3 is 5.97 Å². The third-order valence-corrected chi connectivity index (χ3v) is 5.62. The number of benzene rings is 1. The number of esters is 1. The van der Waals surface area contributed by atoms with E-state index in [-0.39, 0.29) is 29.7 Å². The molecule has 0 radical (unpaired) electrons. The summed E-state index contributed by atoms with van der Waals surface area (Å²) >= 11 is 1.45. The molecule has 0 saturated heterocycles. The lowest BCUT2D eigenvalue weighted by atomic mass is 9.76. The van der Waals surface area contributed by atoms with Crippen molar-refractivity contribution >= 4 is 23.1 Å². The number of thiophene rings is 1. The van der Waals surface area contributed by atoms with E-state index in [4.69, 9.17) is 4.74 Å². The van der Waals surface area contributed by atoms with E-state index >= 15 is 0 Å². The molecule has 1 aromatic heterocycles. The molecule has 24 heavy (non-hydrogen) atoms. The number of carbonyl (C=O) groups excluding carboxylic acids is 2. The molecule has 0 spiro atoms. The van der Waals surface area contributed by atoms with Gasteiger partial charge in [-0.25, -0.2) is 0 Å². The second-order valence-corrected chi connectivity index (χ2v) is 7.28. The number of Topliss-reactive ketones (excluding diaryl/α,β-unsaturated/α-hetero) is 1. The number of rotatable bonds is 5. The maximum atomic E-state index is 12.7. The molecule has 0 N–H and O–H groups in total. The van der Waals surface area contributed by atoms with Gasteiger partial charge in [-0.3, -0.25) is 9.59 Å². The summed E-state index contributed by atoms with van der Waals surface area (Å²) in [5.74, 6) is -0.702. The molecule has 126 valence electrons. The molecule has 0 bridgehead atoms. The van der Waals surface area contributed by atoms with Crippen molar-refractivity contribution in [3.05, 3.63) is 58.3 Å². The third kappa shape index (κ3) is 3.75. The Morgan fingerprint density at radius 2 is 1.75 bits per heavy atom. The van der Waals surface area contributed by atoms with Crippen LogP contribution in [0.25, 0.3) is 0 Å². The molecule has 1 heterocycles. The first-order chi connectivity index (χ1) is 11.7. The second-order valence-electron chi connectivity index (χ2n) is 6.33. The van der Waals surface area contributed by atoms with Crippen molar-refractivity contribution in [2.24, 2.45) is 11.8 Å². The molecule has 1 aromatic carbocycles. The molecule has 1 aliphatic carbocycles. The number of hydrogen-bond acceptors (Lipinski definition) is 4. The van der Waals surface area contributed by atoms with Gasteiger partial charge in [0.15, 0.2) is 5.78 Å². The van der Waals surface area contributed by atoms with E-state index in [2.05, 4.69) is 0 Å². The summed E-state index contributed by atoms with van der Waals surface area (Å²) in [5, 5.41) is 1.90. The van der Waals surface area contributed by atoms with Gasteiger partial charge in [0.25, 0.3) is 0 Å². The van der Waals surface area contributed by atoms with E-state index in [0.717, 1.165) is 36.1 Å². The van der Waals surface area contributed by atoms with Gasteiger partial charge in [-0.1, -0.05) is 49.2 Å². The van der Waals surface area contributed by atoms with Crippen LogP contribution in [0.15, 0.2) is 47.8 Å². The largest absolute Gasteiger partial charge is 0.458 e. The highest BCUT2D eigenvalue weighted by Gasteiger charge is 2.38. The van der Waals surface area contributed by atoms with Crippen LogP contribution in [0, 0.1) is 11.8 Å². The summed E-state index contributed by atoms with van der Waals surface area (Å²) in [6.45, 7) is 1.88. The predicted molar refractivity (Wildman–Crippen MR) is 95.0 cm³/mol. The predicted octanol–water partition coefficient (Wildman–Crippen LogP) is 5.04. The Labute approximate surface area is 146 Å². The topological polar surface area (TPSA) is 43.4 Å². The van der Waals surface area contributed by atoms with Gasteiger partial charge in [-0.15, -0.1) is 11.3 Å². The smallest absolute Gasteiger partial charge is 0.310 e. The fourth-order valence-corrected chi connectivity index (χ4v) is 4.11. The van der Waals surface area contributed by atoms with Gasteiger partial charge in [-0.05, 0) is 36.8 Å². The Morgan fingerprint density at radius 1 is 1.04 bits per heavy atom. The standard InChI is InChI=1S/C20H22O3S/c1-14(15-8-3-2-4-9-15)23-20(22)17-11-6-5-10-16(17)19(21)18-12-7-13-24-18/h2-4,7-9,12-14,16-17H,5-6,10-11H2,1H3/t14?,16-,17-/m1/s1. The fourth-order valence-electron chi connectivity index (χ4n) is 3.38. The van der Waals surface area contributed by atoms with Crippen molar-refractivity contribution in [2.45, 2.75) is 38.7 Å².